The van der Waals surface area contributed by atoms with Gasteiger partial charge in [0.25, 0.3) is 0 Å². The molecule has 0 atom stereocenters. The van der Waals surface area contributed by atoms with E-state index in [0.717, 1.165) is 30.8 Å². The molecule has 0 heterocycles. The smallest absolute Gasteiger partial charge is 0.123 e. The zero-order valence-electron chi connectivity index (χ0n) is 10.7. The summed E-state index contributed by atoms with van der Waals surface area (Å²) in [5.41, 5.74) is 8.02. The van der Waals surface area contributed by atoms with Crippen molar-refractivity contribution in [3.05, 3.63) is 42.0 Å². The van der Waals surface area contributed by atoms with E-state index in [4.69, 9.17) is 10.5 Å². The number of hydrogen-bond acceptors (Lipinski definition) is 2. The Labute approximate surface area is 104 Å². The third-order valence-corrected chi connectivity index (χ3v) is 2.75. The quantitative estimate of drug-likeness (QED) is 0.550. The van der Waals surface area contributed by atoms with Crippen LogP contribution in [0.15, 0.2) is 30.9 Å². The van der Waals surface area contributed by atoms with Gasteiger partial charge in [-0.25, -0.2) is 0 Å². The van der Waals surface area contributed by atoms with Gasteiger partial charge in [0.05, 0.1) is 6.61 Å². The summed E-state index contributed by atoms with van der Waals surface area (Å²) in [6, 6.07) is 6.17. The van der Waals surface area contributed by atoms with Crippen LogP contribution in [0.1, 0.15) is 36.8 Å². The fourth-order valence-electron chi connectivity index (χ4n) is 1.76. The number of ether oxygens (including phenoxy) is 1. The average Bonchev–Trinajstić information content (AvgIpc) is 2.35. The van der Waals surface area contributed by atoms with E-state index in [1.165, 1.54) is 18.4 Å². The SMILES string of the molecule is C=CCCCCCOc1ccc(C)cc1CN. The Morgan fingerprint density at radius 2 is 2.12 bits per heavy atom. The van der Waals surface area contributed by atoms with Crippen LogP contribution in [0.4, 0.5) is 0 Å². The molecule has 1 rings (SSSR count). The van der Waals surface area contributed by atoms with E-state index in [1.54, 1.807) is 0 Å². The van der Waals surface area contributed by atoms with Crippen LogP contribution in [0.2, 0.25) is 0 Å². The van der Waals surface area contributed by atoms with Crippen molar-refractivity contribution >= 4 is 0 Å². The molecule has 0 unspecified atom stereocenters. The van der Waals surface area contributed by atoms with Gasteiger partial charge in [0.15, 0.2) is 0 Å². The number of benzene rings is 1. The molecule has 0 aromatic heterocycles. The Bertz CT molecular complexity index is 347. The van der Waals surface area contributed by atoms with Crippen LogP contribution in [0, 0.1) is 6.92 Å². The van der Waals surface area contributed by atoms with Gasteiger partial charge in [0.1, 0.15) is 5.75 Å². The summed E-state index contributed by atoms with van der Waals surface area (Å²) in [6.45, 7) is 7.09. The lowest BCUT2D eigenvalue weighted by atomic mass is 10.1. The first-order valence-corrected chi connectivity index (χ1v) is 6.31. The van der Waals surface area contributed by atoms with Crippen molar-refractivity contribution in [3.8, 4) is 5.75 Å². The molecule has 0 saturated heterocycles. The lowest BCUT2D eigenvalue weighted by Crippen LogP contribution is -2.04. The Kier molecular flexibility index (Phi) is 6.41. The van der Waals surface area contributed by atoms with Crippen LogP contribution in [-0.2, 0) is 6.54 Å². The molecule has 2 heteroatoms. The zero-order valence-corrected chi connectivity index (χ0v) is 10.7. The van der Waals surface area contributed by atoms with Crippen molar-refractivity contribution in [2.75, 3.05) is 6.61 Å². The predicted octanol–water partition coefficient (Wildman–Crippen LogP) is 3.58. The van der Waals surface area contributed by atoms with E-state index in [9.17, 15) is 0 Å². The first kappa shape index (κ1) is 13.8. The van der Waals surface area contributed by atoms with Gasteiger partial charge >= 0.3 is 0 Å². The van der Waals surface area contributed by atoms with E-state index >= 15 is 0 Å². The molecule has 0 saturated carbocycles. The summed E-state index contributed by atoms with van der Waals surface area (Å²) in [6.07, 6.45) is 6.54. The summed E-state index contributed by atoms with van der Waals surface area (Å²) in [4.78, 5) is 0. The summed E-state index contributed by atoms with van der Waals surface area (Å²) < 4.78 is 5.76. The third kappa shape index (κ3) is 5.05. The fraction of sp³-hybridized carbons (Fsp3) is 0.467. The molecule has 94 valence electrons. The topological polar surface area (TPSA) is 35.2 Å². The molecule has 0 aliphatic rings. The highest BCUT2D eigenvalue weighted by Crippen LogP contribution is 2.19. The molecule has 0 aliphatic carbocycles. The van der Waals surface area contributed by atoms with Crippen LogP contribution in [0.25, 0.3) is 0 Å². The summed E-state index contributed by atoms with van der Waals surface area (Å²) in [5, 5.41) is 0. The number of hydrogen-bond donors (Lipinski definition) is 1. The number of rotatable bonds is 8. The van der Waals surface area contributed by atoms with Crippen molar-refractivity contribution in [2.45, 2.75) is 39.2 Å². The maximum Gasteiger partial charge on any atom is 0.123 e. The molecule has 2 N–H and O–H groups in total. The van der Waals surface area contributed by atoms with Crippen molar-refractivity contribution in [3.63, 3.8) is 0 Å². The maximum absolute atomic E-state index is 5.76. The average molecular weight is 233 g/mol. The van der Waals surface area contributed by atoms with Crippen molar-refractivity contribution in [1.29, 1.82) is 0 Å². The van der Waals surface area contributed by atoms with Gasteiger partial charge in [-0.1, -0.05) is 23.8 Å². The van der Waals surface area contributed by atoms with Gasteiger partial charge < -0.3 is 10.5 Å². The number of aryl methyl sites for hydroxylation is 1. The molecule has 1 aromatic carbocycles. The normalized spacial score (nSPS) is 10.2. The number of allylic oxidation sites excluding steroid dienone is 1. The lowest BCUT2D eigenvalue weighted by Gasteiger charge is -2.11. The number of unbranched alkanes of at least 4 members (excludes halogenated alkanes) is 3. The molecule has 0 bridgehead atoms. The second-order valence-corrected chi connectivity index (χ2v) is 4.30. The summed E-state index contributed by atoms with van der Waals surface area (Å²) in [7, 11) is 0. The molecule has 0 aliphatic heterocycles. The summed E-state index contributed by atoms with van der Waals surface area (Å²) >= 11 is 0. The predicted molar refractivity (Wildman–Crippen MR) is 73.2 cm³/mol. The largest absolute Gasteiger partial charge is 0.493 e. The second kappa shape index (κ2) is 7.91. The Morgan fingerprint density at radius 3 is 2.82 bits per heavy atom. The van der Waals surface area contributed by atoms with E-state index in [1.807, 2.05) is 12.1 Å². The van der Waals surface area contributed by atoms with Gasteiger partial charge in [-0.15, -0.1) is 6.58 Å². The Balaban J connectivity index is 2.33. The van der Waals surface area contributed by atoms with Gasteiger partial charge in [-0.3, -0.25) is 0 Å². The molecule has 0 radical (unpaired) electrons. The van der Waals surface area contributed by atoms with E-state index < -0.39 is 0 Å². The van der Waals surface area contributed by atoms with Crippen LogP contribution in [-0.4, -0.2) is 6.61 Å². The van der Waals surface area contributed by atoms with Crippen LogP contribution in [0.5, 0.6) is 5.75 Å². The van der Waals surface area contributed by atoms with Crippen molar-refractivity contribution in [2.24, 2.45) is 5.73 Å². The highest BCUT2D eigenvalue weighted by molar-refractivity contribution is 5.36. The van der Waals surface area contributed by atoms with Gasteiger partial charge in [-0.05, 0) is 38.7 Å². The fourth-order valence-corrected chi connectivity index (χ4v) is 1.76. The Morgan fingerprint density at radius 1 is 1.29 bits per heavy atom. The highest BCUT2D eigenvalue weighted by Gasteiger charge is 2.01. The van der Waals surface area contributed by atoms with Gasteiger partial charge in [0.2, 0.25) is 0 Å². The standard InChI is InChI=1S/C15H23NO/c1-3-4-5-6-7-10-17-15-9-8-13(2)11-14(15)12-16/h3,8-9,11H,1,4-7,10,12,16H2,2H3. The maximum atomic E-state index is 5.76. The summed E-state index contributed by atoms with van der Waals surface area (Å²) in [5.74, 6) is 0.932. The molecular weight excluding hydrogens is 210 g/mol. The minimum Gasteiger partial charge on any atom is -0.493 e. The minimum atomic E-state index is 0.535. The zero-order chi connectivity index (χ0) is 12.5. The van der Waals surface area contributed by atoms with E-state index in [0.29, 0.717) is 6.54 Å². The van der Waals surface area contributed by atoms with Crippen molar-refractivity contribution in [1.82, 2.24) is 0 Å². The second-order valence-electron chi connectivity index (χ2n) is 4.30. The molecule has 1 aromatic rings. The van der Waals surface area contributed by atoms with Gasteiger partial charge in [0, 0.05) is 12.1 Å². The highest BCUT2D eigenvalue weighted by atomic mass is 16.5. The monoisotopic (exact) mass is 233 g/mol. The van der Waals surface area contributed by atoms with Crippen LogP contribution >= 0.6 is 0 Å². The van der Waals surface area contributed by atoms with E-state index in [2.05, 4.69) is 25.6 Å². The first-order valence-electron chi connectivity index (χ1n) is 6.31. The van der Waals surface area contributed by atoms with Crippen molar-refractivity contribution < 1.29 is 4.74 Å². The minimum absolute atomic E-state index is 0.535. The van der Waals surface area contributed by atoms with Crippen LogP contribution in [0.3, 0.4) is 0 Å². The molecule has 0 spiro atoms. The lowest BCUT2D eigenvalue weighted by molar-refractivity contribution is 0.302. The van der Waals surface area contributed by atoms with Crippen LogP contribution < -0.4 is 10.5 Å². The molecule has 17 heavy (non-hydrogen) atoms. The first-order chi connectivity index (χ1) is 8.27. The number of nitrogens with two attached hydrogens (primary N) is 1. The van der Waals surface area contributed by atoms with E-state index in [-0.39, 0.29) is 0 Å². The molecule has 0 fully saturated rings. The molecule has 2 nitrogen and oxygen atoms in total. The van der Waals surface area contributed by atoms with Gasteiger partial charge in [-0.2, -0.15) is 0 Å². The molecule has 0 amide bonds. The molecular formula is C15H23NO. The third-order valence-electron chi connectivity index (χ3n) is 2.75. The Hall–Kier alpha value is -1.28.